The van der Waals surface area contributed by atoms with Crippen molar-refractivity contribution in [1.29, 1.82) is 0 Å². The van der Waals surface area contributed by atoms with E-state index < -0.39 is 78.5 Å². The zero-order valence-electron chi connectivity index (χ0n) is 38.8. The zero-order chi connectivity index (χ0) is 51.5. The molecule has 368 valence electrons. The van der Waals surface area contributed by atoms with E-state index in [9.17, 15) is 51.8 Å². The number of alkyl halides is 3. The quantitative estimate of drug-likeness (QED) is 0.0442. The van der Waals surface area contributed by atoms with Gasteiger partial charge in [-0.1, -0.05) is 126 Å². The van der Waals surface area contributed by atoms with Crippen molar-refractivity contribution in [3.05, 3.63) is 173 Å². The van der Waals surface area contributed by atoms with Crippen molar-refractivity contribution in [2.75, 3.05) is 18.4 Å². The Balaban J connectivity index is 0.000000867. The van der Waals surface area contributed by atoms with Crippen LogP contribution in [0.5, 0.6) is 0 Å². The second-order valence-electron chi connectivity index (χ2n) is 15.8. The molecular weight excluding hydrogens is 906 g/mol. The molecule has 6 amide bonds. The summed E-state index contributed by atoms with van der Waals surface area (Å²) in [4.78, 5) is 89.8. The third-order valence-corrected chi connectivity index (χ3v) is 10.2. The number of carbonyl (C=O) groups is 7. The predicted octanol–water partition coefficient (Wildman–Crippen LogP) is 5.87. The Kier molecular flexibility index (Phi) is 23.6. The Morgan fingerprint density at radius 3 is 1.39 bits per heavy atom. The van der Waals surface area contributed by atoms with Crippen LogP contribution < -0.4 is 31.9 Å². The van der Waals surface area contributed by atoms with Gasteiger partial charge in [0.1, 0.15) is 18.1 Å². The fourth-order valence-corrected chi connectivity index (χ4v) is 6.50. The number of halogens is 3. The van der Waals surface area contributed by atoms with Crippen molar-refractivity contribution in [3.8, 4) is 12.8 Å². The molecular formula is C53H57F3N6O8. The molecule has 5 aromatic carbocycles. The van der Waals surface area contributed by atoms with Gasteiger partial charge >= 0.3 is 12.1 Å². The molecule has 0 heterocycles. The molecule has 3 atom stereocenters. The number of aliphatic carboxylic acids is 1. The van der Waals surface area contributed by atoms with Gasteiger partial charge in [-0.3, -0.25) is 28.8 Å². The first kappa shape index (κ1) is 56.1. The molecule has 7 N–H and O–H groups in total. The fourth-order valence-electron chi connectivity index (χ4n) is 6.50. The molecule has 0 radical (unpaired) electrons. The summed E-state index contributed by atoms with van der Waals surface area (Å²) < 4.78 is 35.8. The number of carboxylic acids is 1. The number of hydrogen-bond donors (Lipinski definition) is 7. The maximum Gasteiger partial charge on any atom is 0.416 e. The number of amides is 6. The van der Waals surface area contributed by atoms with E-state index in [1.807, 2.05) is 49.4 Å². The van der Waals surface area contributed by atoms with E-state index in [0.717, 1.165) is 28.8 Å². The third-order valence-electron chi connectivity index (χ3n) is 10.2. The van der Waals surface area contributed by atoms with Gasteiger partial charge in [-0.15, -0.1) is 12.8 Å². The van der Waals surface area contributed by atoms with Crippen molar-refractivity contribution in [3.63, 3.8) is 0 Å². The summed E-state index contributed by atoms with van der Waals surface area (Å²) in [7, 11) is 0. The molecule has 0 aliphatic carbocycles. The minimum atomic E-state index is -4.21. The van der Waals surface area contributed by atoms with E-state index in [0.29, 0.717) is 23.2 Å². The summed E-state index contributed by atoms with van der Waals surface area (Å²) in [6.45, 7) is 2.59. The normalized spacial score (nSPS) is 11.8. The Morgan fingerprint density at radius 2 is 0.914 bits per heavy atom. The van der Waals surface area contributed by atoms with Crippen LogP contribution in [0.15, 0.2) is 140 Å². The van der Waals surface area contributed by atoms with Crippen LogP contribution in [-0.2, 0) is 59.0 Å². The SMILES string of the molecule is C#C.Cc1ccc(C(F)(F)F)cc1.Cc1ccc(NC(=O)CCC(=O)N[C@H](CCc2ccccc2)C(=O)NCC(=O)N[C@H](Cc2ccccc2)C(=O)NCC(=O)N[C@H](Cc2ccccc2)C(=O)O)cc1. The minimum Gasteiger partial charge on any atom is -0.480 e. The molecule has 17 heteroatoms. The third kappa shape index (κ3) is 21.6. The Morgan fingerprint density at radius 1 is 0.514 bits per heavy atom. The molecule has 14 nitrogen and oxygen atoms in total. The minimum absolute atomic E-state index is 0.0384. The topological polar surface area (TPSA) is 212 Å². The number of carboxylic acid groups (broad SMARTS) is 1. The van der Waals surface area contributed by atoms with Gasteiger partial charge in [-0.2, -0.15) is 13.2 Å². The second kappa shape index (κ2) is 29.5. The van der Waals surface area contributed by atoms with Gasteiger partial charge in [-0.25, -0.2) is 4.79 Å². The van der Waals surface area contributed by atoms with Crippen molar-refractivity contribution in [2.45, 2.75) is 76.7 Å². The zero-order valence-corrected chi connectivity index (χ0v) is 38.8. The Bertz CT molecular complexity index is 2470. The van der Waals surface area contributed by atoms with Crippen LogP contribution >= 0.6 is 0 Å². The maximum absolute atomic E-state index is 13.4. The Hall–Kier alpha value is -8.26. The van der Waals surface area contributed by atoms with E-state index >= 15 is 0 Å². The number of rotatable bonds is 21. The number of aryl methyl sites for hydroxylation is 3. The van der Waals surface area contributed by atoms with Crippen LogP contribution in [0.3, 0.4) is 0 Å². The lowest BCUT2D eigenvalue weighted by Gasteiger charge is -2.21. The summed E-state index contributed by atoms with van der Waals surface area (Å²) in [6, 6.07) is 35.8. The van der Waals surface area contributed by atoms with Crippen molar-refractivity contribution in [1.82, 2.24) is 26.6 Å². The van der Waals surface area contributed by atoms with Crippen LogP contribution in [0, 0.1) is 26.7 Å². The molecule has 0 fully saturated rings. The average molecular weight is 963 g/mol. The molecule has 70 heavy (non-hydrogen) atoms. The largest absolute Gasteiger partial charge is 0.480 e. The first-order chi connectivity index (χ1) is 33.4. The van der Waals surface area contributed by atoms with E-state index in [4.69, 9.17) is 0 Å². The lowest BCUT2D eigenvalue weighted by Crippen LogP contribution is -2.54. The highest BCUT2D eigenvalue weighted by atomic mass is 19.4. The van der Waals surface area contributed by atoms with Gasteiger partial charge in [0.2, 0.25) is 35.4 Å². The number of benzene rings is 5. The van der Waals surface area contributed by atoms with Gasteiger partial charge in [0.05, 0.1) is 18.7 Å². The van der Waals surface area contributed by atoms with Crippen LogP contribution in [0.25, 0.3) is 0 Å². The highest BCUT2D eigenvalue weighted by molar-refractivity contribution is 5.96. The smallest absolute Gasteiger partial charge is 0.416 e. The summed E-state index contributed by atoms with van der Waals surface area (Å²) in [5.41, 5.74) is 4.21. The summed E-state index contributed by atoms with van der Waals surface area (Å²) in [6.07, 6.45) is 4.22. The van der Waals surface area contributed by atoms with Crippen molar-refractivity contribution in [2.24, 2.45) is 0 Å². The molecule has 0 spiro atoms. The number of hydrogen-bond acceptors (Lipinski definition) is 7. The van der Waals surface area contributed by atoms with Gasteiger partial charge < -0.3 is 37.0 Å². The van der Waals surface area contributed by atoms with Gasteiger partial charge in [0.25, 0.3) is 0 Å². The first-order valence-electron chi connectivity index (χ1n) is 22.1. The lowest BCUT2D eigenvalue weighted by molar-refractivity contribution is -0.141. The van der Waals surface area contributed by atoms with Crippen molar-refractivity contribution < 1.29 is 51.8 Å². The maximum atomic E-state index is 13.4. The van der Waals surface area contributed by atoms with E-state index in [2.05, 4.69) is 44.7 Å². The van der Waals surface area contributed by atoms with E-state index in [1.54, 1.807) is 79.7 Å². The standard InChI is InChI=1S/C43H48N6O8.C8H7F3.C2H2/c1-29-17-20-33(21-18-29)46-37(50)23-24-38(51)47-34(22-19-30-11-5-2-6-12-30)41(54)44-27-39(52)48-35(25-31-13-7-3-8-14-31)42(55)45-28-40(53)49-36(43(56)57)26-32-15-9-4-10-16-32;1-6-2-4-7(5-3-6)8(9,10)11;1-2/h2-18,20-21,34-36H,19,22-28H2,1H3,(H,44,54)(H,45,55)(H,46,50)(H,47,51)(H,48,52)(H,49,53)(H,56,57);2-5H,1H3;1-2H/t34-,35-,36-;;/m1../s1. The van der Waals surface area contributed by atoms with E-state index in [-0.39, 0.29) is 38.0 Å². The molecule has 0 aliphatic rings. The first-order valence-corrected chi connectivity index (χ1v) is 22.1. The van der Waals surface area contributed by atoms with Crippen molar-refractivity contribution >= 4 is 47.1 Å². The summed E-state index contributed by atoms with van der Waals surface area (Å²) >= 11 is 0. The number of terminal acetylenes is 1. The molecule has 5 rings (SSSR count). The van der Waals surface area contributed by atoms with Gasteiger partial charge in [0, 0.05) is 31.4 Å². The Labute approximate surface area is 405 Å². The summed E-state index contributed by atoms with van der Waals surface area (Å²) in [5, 5.41) is 25.1. The average Bonchev–Trinajstić information content (AvgIpc) is 3.35. The van der Waals surface area contributed by atoms with Crippen LogP contribution in [0.4, 0.5) is 18.9 Å². The van der Waals surface area contributed by atoms with E-state index in [1.165, 1.54) is 12.1 Å². The number of carbonyl (C=O) groups excluding carboxylic acids is 6. The second-order valence-corrected chi connectivity index (χ2v) is 15.8. The van der Waals surface area contributed by atoms with Crippen LogP contribution in [0.1, 0.15) is 52.6 Å². The van der Waals surface area contributed by atoms with Gasteiger partial charge in [-0.05, 0) is 67.6 Å². The highest BCUT2D eigenvalue weighted by Gasteiger charge is 2.30. The highest BCUT2D eigenvalue weighted by Crippen LogP contribution is 2.28. The monoisotopic (exact) mass is 962 g/mol. The number of anilines is 1. The molecule has 0 unspecified atom stereocenters. The van der Waals surface area contributed by atoms with Crippen LogP contribution in [-0.4, -0.2) is 77.7 Å². The predicted molar refractivity (Wildman–Crippen MR) is 260 cm³/mol. The molecule has 0 aromatic heterocycles. The molecule has 0 saturated heterocycles. The number of nitrogens with one attached hydrogen (secondary N) is 6. The fraction of sp³-hybridized carbons (Fsp3) is 0.264. The van der Waals surface area contributed by atoms with Crippen LogP contribution in [0.2, 0.25) is 0 Å². The molecule has 5 aromatic rings. The molecule has 0 bridgehead atoms. The molecule has 0 saturated carbocycles. The summed E-state index contributed by atoms with van der Waals surface area (Å²) in [5.74, 6) is -4.91. The lowest BCUT2D eigenvalue weighted by atomic mass is 10.0. The molecule has 0 aliphatic heterocycles. The van der Waals surface area contributed by atoms with Gasteiger partial charge in [0.15, 0.2) is 0 Å².